The third-order valence-corrected chi connectivity index (χ3v) is 6.48. The number of nitrogens with two attached hydrogens (primary N) is 1. The number of hydrogen-bond donors (Lipinski definition) is 2. The third kappa shape index (κ3) is 4.10. The summed E-state index contributed by atoms with van der Waals surface area (Å²) in [5.41, 5.74) is 8.32. The lowest BCUT2D eigenvalue weighted by Gasteiger charge is -2.29. The van der Waals surface area contributed by atoms with Crippen molar-refractivity contribution in [1.29, 1.82) is 0 Å². The van der Waals surface area contributed by atoms with Gasteiger partial charge in [0.05, 0.1) is 33.9 Å². The number of nitrogens with one attached hydrogen (secondary N) is 1. The second-order valence-corrected chi connectivity index (χ2v) is 9.67. The Balaban J connectivity index is 1.83. The molecule has 1 amide bonds. The van der Waals surface area contributed by atoms with E-state index in [4.69, 9.17) is 5.73 Å². The van der Waals surface area contributed by atoms with Crippen LogP contribution in [0.3, 0.4) is 0 Å². The Morgan fingerprint density at radius 2 is 1.97 bits per heavy atom. The van der Waals surface area contributed by atoms with Crippen LogP contribution in [0.5, 0.6) is 0 Å². The molecule has 2 aliphatic rings. The van der Waals surface area contributed by atoms with E-state index in [9.17, 15) is 9.59 Å². The second kappa shape index (κ2) is 8.09. The van der Waals surface area contributed by atoms with E-state index in [0.29, 0.717) is 36.2 Å². The van der Waals surface area contributed by atoms with Crippen LogP contribution in [0.15, 0.2) is 12.1 Å². The van der Waals surface area contributed by atoms with E-state index >= 15 is 4.39 Å². The van der Waals surface area contributed by atoms with Gasteiger partial charge in [0.2, 0.25) is 0 Å². The number of fused-ring (bicyclic) bond motifs is 1. The molecule has 0 atom stereocenters. The van der Waals surface area contributed by atoms with Crippen molar-refractivity contribution in [3.63, 3.8) is 0 Å². The average molecular weight is 427 g/mol. The summed E-state index contributed by atoms with van der Waals surface area (Å²) >= 11 is 0. The highest BCUT2D eigenvalue weighted by Gasteiger charge is 2.36. The number of aryl methyl sites for hydroxylation is 1. The van der Waals surface area contributed by atoms with E-state index in [1.54, 1.807) is 10.7 Å². The van der Waals surface area contributed by atoms with Gasteiger partial charge < -0.3 is 11.1 Å². The van der Waals surface area contributed by atoms with Gasteiger partial charge in [0.25, 0.3) is 5.91 Å². The smallest absolute Gasteiger partial charge is 0.253 e. The molecule has 1 fully saturated rings. The molecule has 31 heavy (non-hydrogen) atoms. The zero-order chi connectivity index (χ0) is 22.3. The summed E-state index contributed by atoms with van der Waals surface area (Å²) in [7, 11) is 0. The van der Waals surface area contributed by atoms with E-state index in [2.05, 4.69) is 24.3 Å². The van der Waals surface area contributed by atoms with Gasteiger partial charge in [-0.1, -0.05) is 40.0 Å². The molecule has 1 heterocycles. The van der Waals surface area contributed by atoms with Crippen LogP contribution in [0.25, 0.3) is 5.69 Å². The number of rotatable bonds is 5. The lowest BCUT2D eigenvalue weighted by atomic mass is 9.75. The van der Waals surface area contributed by atoms with Gasteiger partial charge in [-0.25, -0.2) is 9.07 Å². The van der Waals surface area contributed by atoms with Crippen molar-refractivity contribution < 1.29 is 14.0 Å². The van der Waals surface area contributed by atoms with E-state index in [0.717, 1.165) is 37.1 Å². The number of nitrogens with zero attached hydrogens (tertiary/aromatic N) is 2. The summed E-state index contributed by atoms with van der Waals surface area (Å²) in [6.07, 6.45) is 7.13. The number of amides is 1. The zero-order valence-corrected chi connectivity index (χ0v) is 18.6. The fourth-order valence-electron chi connectivity index (χ4n) is 5.03. The normalized spacial score (nSPS) is 18.6. The Bertz CT molecular complexity index is 1030. The maximum atomic E-state index is 15.1. The molecule has 7 heteroatoms. The molecule has 166 valence electrons. The van der Waals surface area contributed by atoms with Crippen LogP contribution in [0, 0.1) is 11.2 Å². The number of hydrogen-bond acceptors (Lipinski definition) is 4. The molecule has 2 aliphatic carbocycles. The number of halogens is 1. The number of carbonyl (C=O) groups is 2. The summed E-state index contributed by atoms with van der Waals surface area (Å²) in [6, 6.07) is 3.22. The summed E-state index contributed by atoms with van der Waals surface area (Å²) in [6.45, 7) is 6.08. The number of benzene rings is 1. The standard InChI is InChI=1S/C24H31FN4O2/c1-4-17-22-19(12-24(2,3)13-20(22)30)29(28-17)15-10-16(25)21(23(26)31)18(11-15)27-14-8-6-5-7-9-14/h10-11,14,27H,4-9,12-13H2,1-3H3,(H2,26,31). The predicted molar refractivity (Wildman–Crippen MR) is 118 cm³/mol. The highest BCUT2D eigenvalue weighted by atomic mass is 19.1. The van der Waals surface area contributed by atoms with Gasteiger partial charge in [-0.15, -0.1) is 0 Å². The van der Waals surface area contributed by atoms with Gasteiger partial charge in [-0.3, -0.25) is 9.59 Å². The second-order valence-electron chi connectivity index (χ2n) is 9.67. The van der Waals surface area contributed by atoms with Crippen molar-refractivity contribution >= 4 is 17.4 Å². The minimum Gasteiger partial charge on any atom is -0.382 e. The Morgan fingerprint density at radius 3 is 2.61 bits per heavy atom. The molecular weight excluding hydrogens is 395 g/mol. The van der Waals surface area contributed by atoms with E-state index in [-0.39, 0.29) is 22.8 Å². The molecular formula is C24H31FN4O2. The first-order valence-corrected chi connectivity index (χ1v) is 11.2. The van der Waals surface area contributed by atoms with Crippen molar-refractivity contribution in [3.05, 3.63) is 40.5 Å². The van der Waals surface area contributed by atoms with Crippen LogP contribution < -0.4 is 11.1 Å². The minimum atomic E-state index is -0.796. The fraction of sp³-hybridized carbons (Fsp3) is 0.542. The number of ketones is 1. The van der Waals surface area contributed by atoms with Crippen LogP contribution in [0.1, 0.15) is 91.4 Å². The van der Waals surface area contributed by atoms with Crippen LogP contribution in [0.2, 0.25) is 0 Å². The SMILES string of the molecule is CCc1nn(-c2cc(F)c(C(N)=O)c(NC3CCCCC3)c2)c2c1C(=O)CC(C)(C)C2. The van der Waals surface area contributed by atoms with E-state index in [1.807, 2.05) is 6.92 Å². The lowest BCUT2D eigenvalue weighted by Crippen LogP contribution is -2.28. The Labute approximate surface area is 182 Å². The Kier molecular flexibility index (Phi) is 5.62. The molecule has 2 aromatic rings. The molecule has 6 nitrogen and oxygen atoms in total. The highest BCUT2D eigenvalue weighted by molar-refractivity contribution is 6.00. The summed E-state index contributed by atoms with van der Waals surface area (Å²) in [5, 5.41) is 8.04. The van der Waals surface area contributed by atoms with Crippen molar-refractivity contribution in [1.82, 2.24) is 9.78 Å². The van der Waals surface area contributed by atoms with Crippen LogP contribution >= 0.6 is 0 Å². The fourth-order valence-corrected chi connectivity index (χ4v) is 5.03. The first-order chi connectivity index (χ1) is 14.7. The Morgan fingerprint density at radius 1 is 1.26 bits per heavy atom. The molecule has 1 saturated carbocycles. The average Bonchev–Trinajstić information content (AvgIpc) is 3.05. The Hall–Kier alpha value is -2.70. The molecule has 0 bridgehead atoms. The highest BCUT2D eigenvalue weighted by Crippen LogP contribution is 2.38. The topological polar surface area (TPSA) is 90.0 Å². The molecule has 1 aromatic carbocycles. The predicted octanol–water partition coefficient (Wildman–Crippen LogP) is 4.57. The summed E-state index contributed by atoms with van der Waals surface area (Å²) in [5.74, 6) is -1.38. The molecule has 0 aliphatic heterocycles. The largest absolute Gasteiger partial charge is 0.382 e. The van der Waals surface area contributed by atoms with Gasteiger partial charge in [-0.2, -0.15) is 5.10 Å². The first-order valence-electron chi connectivity index (χ1n) is 11.2. The van der Waals surface area contributed by atoms with Crippen molar-refractivity contribution in [2.75, 3.05) is 5.32 Å². The molecule has 0 saturated heterocycles. The maximum absolute atomic E-state index is 15.1. The summed E-state index contributed by atoms with van der Waals surface area (Å²) < 4.78 is 16.8. The van der Waals surface area contributed by atoms with E-state index in [1.165, 1.54) is 12.5 Å². The molecule has 3 N–H and O–H groups in total. The number of Topliss-reactive ketones (excluding diaryl/α,β-unsaturated/α-hetero) is 1. The van der Waals surface area contributed by atoms with Gasteiger partial charge in [-0.05, 0) is 37.2 Å². The zero-order valence-electron chi connectivity index (χ0n) is 18.6. The molecule has 0 radical (unpaired) electrons. The van der Waals surface area contributed by atoms with Crippen LogP contribution in [-0.2, 0) is 12.8 Å². The van der Waals surface area contributed by atoms with Crippen LogP contribution in [-0.4, -0.2) is 27.5 Å². The number of aromatic nitrogens is 2. The third-order valence-electron chi connectivity index (χ3n) is 6.48. The molecule has 0 spiro atoms. The van der Waals surface area contributed by atoms with Gasteiger partial charge in [0.15, 0.2) is 5.78 Å². The molecule has 0 unspecified atom stereocenters. The van der Waals surface area contributed by atoms with Crippen molar-refractivity contribution in [2.45, 2.75) is 78.2 Å². The number of anilines is 1. The van der Waals surface area contributed by atoms with Gasteiger partial charge >= 0.3 is 0 Å². The van der Waals surface area contributed by atoms with Crippen molar-refractivity contribution in [2.24, 2.45) is 11.1 Å². The minimum absolute atomic E-state index is 0.0872. The quantitative estimate of drug-likeness (QED) is 0.733. The van der Waals surface area contributed by atoms with Gasteiger partial charge in [0, 0.05) is 18.5 Å². The molecule has 4 rings (SSSR count). The number of primary amides is 1. The number of carbonyl (C=O) groups excluding carboxylic acids is 2. The van der Waals surface area contributed by atoms with Gasteiger partial charge in [0.1, 0.15) is 5.82 Å². The van der Waals surface area contributed by atoms with Crippen LogP contribution in [0.4, 0.5) is 10.1 Å². The maximum Gasteiger partial charge on any atom is 0.253 e. The lowest BCUT2D eigenvalue weighted by molar-refractivity contribution is 0.0909. The van der Waals surface area contributed by atoms with E-state index < -0.39 is 11.7 Å². The first kappa shape index (κ1) is 21.5. The molecule has 1 aromatic heterocycles. The van der Waals surface area contributed by atoms with Crippen molar-refractivity contribution in [3.8, 4) is 5.69 Å². The monoisotopic (exact) mass is 426 g/mol. The summed E-state index contributed by atoms with van der Waals surface area (Å²) in [4.78, 5) is 24.9.